The number of nitrogens with two attached hydrogens (primary N) is 1. The summed E-state index contributed by atoms with van der Waals surface area (Å²) < 4.78 is 5.76. The number of aliphatic hydroxyl groups excluding tert-OH is 1. The van der Waals surface area contributed by atoms with Gasteiger partial charge in [0.05, 0.1) is 0 Å². The van der Waals surface area contributed by atoms with Gasteiger partial charge in [-0.05, 0) is 43.0 Å². The molecular formula is C15H24N2O2. The van der Waals surface area contributed by atoms with E-state index in [2.05, 4.69) is 4.90 Å². The number of rotatable bonds is 7. The van der Waals surface area contributed by atoms with Crippen LogP contribution in [-0.4, -0.2) is 42.9 Å². The smallest absolute Gasteiger partial charge is 0.119 e. The van der Waals surface area contributed by atoms with Gasteiger partial charge >= 0.3 is 0 Å². The largest absolute Gasteiger partial charge is 0.492 e. The highest BCUT2D eigenvalue weighted by molar-refractivity contribution is 5.28. The molecule has 0 aromatic heterocycles. The summed E-state index contributed by atoms with van der Waals surface area (Å²) in [7, 11) is 0. The monoisotopic (exact) mass is 264 g/mol. The molecule has 106 valence electrons. The maximum absolute atomic E-state index is 8.93. The van der Waals surface area contributed by atoms with Crippen molar-refractivity contribution in [2.45, 2.75) is 19.4 Å². The van der Waals surface area contributed by atoms with Crippen LogP contribution in [0.25, 0.3) is 0 Å². The van der Waals surface area contributed by atoms with Crippen molar-refractivity contribution in [3.63, 3.8) is 0 Å². The van der Waals surface area contributed by atoms with Gasteiger partial charge in [-0.3, -0.25) is 4.90 Å². The molecular weight excluding hydrogens is 240 g/mol. The summed E-state index contributed by atoms with van der Waals surface area (Å²) in [5.41, 5.74) is 6.71. The number of likely N-dealkylation sites (tertiary alicyclic amines) is 1. The summed E-state index contributed by atoms with van der Waals surface area (Å²) in [6.07, 6.45) is 2.12. The Kier molecular flexibility index (Phi) is 5.63. The Bertz CT molecular complexity index is 384. The third-order valence-corrected chi connectivity index (χ3v) is 3.72. The van der Waals surface area contributed by atoms with Crippen LogP contribution in [0.1, 0.15) is 18.4 Å². The molecule has 1 saturated heterocycles. The van der Waals surface area contributed by atoms with Crippen LogP contribution in [0.5, 0.6) is 5.75 Å². The maximum atomic E-state index is 8.93. The van der Waals surface area contributed by atoms with E-state index in [1.54, 1.807) is 0 Å². The molecule has 2 rings (SSSR count). The van der Waals surface area contributed by atoms with E-state index in [0.29, 0.717) is 25.7 Å². The summed E-state index contributed by atoms with van der Waals surface area (Å²) in [5, 5.41) is 8.93. The van der Waals surface area contributed by atoms with Gasteiger partial charge in [0.2, 0.25) is 0 Å². The highest BCUT2D eigenvalue weighted by Crippen LogP contribution is 2.19. The zero-order valence-corrected chi connectivity index (χ0v) is 11.4. The normalized spacial score (nSPS) is 19.8. The molecule has 4 nitrogen and oxygen atoms in total. The van der Waals surface area contributed by atoms with Crippen molar-refractivity contribution in [1.29, 1.82) is 0 Å². The van der Waals surface area contributed by atoms with Gasteiger partial charge in [-0.2, -0.15) is 0 Å². The van der Waals surface area contributed by atoms with E-state index in [0.717, 1.165) is 37.4 Å². The van der Waals surface area contributed by atoms with Gasteiger partial charge in [-0.15, -0.1) is 0 Å². The predicted molar refractivity (Wildman–Crippen MR) is 76.1 cm³/mol. The average molecular weight is 264 g/mol. The first-order valence-electron chi connectivity index (χ1n) is 7.07. The minimum absolute atomic E-state index is 0.306. The number of hydrogen-bond donors (Lipinski definition) is 2. The number of ether oxygens (including phenoxy) is 1. The third-order valence-electron chi connectivity index (χ3n) is 3.72. The molecule has 1 unspecified atom stereocenters. The van der Waals surface area contributed by atoms with Crippen LogP contribution in [0.3, 0.4) is 0 Å². The lowest BCUT2D eigenvalue weighted by atomic mass is 10.1. The SMILES string of the molecule is NCc1cccc(OCCN2CCC(CCO)C2)c1. The molecule has 1 heterocycles. The third kappa shape index (κ3) is 4.49. The van der Waals surface area contributed by atoms with E-state index in [1.165, 1.54) is 6.42 Å². The average Bonchev–Trinajstić information content (AvgIpc) is 2.87. The van der Waals surface area contributed by atoms with E-state index in [-0.39, 0.29) is 0 Å². The second-order valence-electron chi connectivity index (χ2n) is 5.17. The highest BCUT2D eigenvalue weighted by atomic mass is 16.5. The van der Waals surface area contributed by atoms with Crippen molar-refractivity contribution < 1.29 is 9.84 Å². The first kappa shape index (κ1) is 14.3. The fourth-order valence-corrected chi connectivity index (χ4v) is 2.59. The molecule has 0 bridgehead atoms. The second kappa shape index (κ2) is 7.48. The van der Waals surface area contributed by atoms with E-state index < -0.39 is 0 Å². The minimum atomic E-state index is 0.306. The zero-order valence-electron chi connectivity index (χ0n) is 11.4. The molecule has 0 amide bonds. The number of nitrogens with zero attached hydrogens (tertiary/aromatic N) is 1. The molecule has 1 atom stereocenters. The molecule has 1 aromatic rings. The van der Waals surface area contributed by atoms with Gasteiger partial charge in [0.15, 0.2) is 0 Å². The van der Waals surface area contributed by atoms with Gasteiger partial charge < -0.3 is 15.6 Å². The van der Waals surface area contributed by atoms with Crippen molar-refractivity contribution in [1.82, 2.24) is 4.90 Å². The summed E-state index contributed by atoms with van der Waals surface area (Å²) in [5.74, 6) is 1.56. The molecule has 1 aliphatic heterocycles. The Balaban J connectivity index is 1.69. The molecule has 0 aliphatic carbocycles. The Morgan fingerprint density at radius 3 is 3.11 bits per heavy atom. The van der Waals surface area contributed by atoms with E-state index in [4.69, 9.17) is 15.6 Å². The molecule has 0 radical (unpaired) electrons. The predicted octanol–water partition coefficient (Wildman–Crippen LogP) is 1.23. The number of hydrogen-bond acceptors (Lipinski definition) is 4. The quantitative estimate of drug-likeness (QED) is 0.777. The number of benzene rings is 1. The molecule has 1 fully saturated rings. The van der Waals surface area contributed by atoms with Crippen molar-refractivity contribution in [2.75, 3.05) is 32.8 Å². The fraction of sp³-hybridized carbons (Fsp3) is 0.600. The Hall–Kier alpha value is -1.10. The van der Waals surface area contributed by atoms with Crippen LogP contribution in [0.4, 0.5) is 0 Å². The van der Waals surface area contributed by atoms with E-state index >= 15 is 0 Å². The van der Waals surface area contributed by atoms with Crippen LogP contribution in [-0.2, 0) is 6.54 Å². The molecule has 4 heteroatoms. The molecule has 3 N–H and O–H groups in total. The molecule has 0 saturated carbocycles. The topological polar surface area (TPSA) is 58.7 Å². The first-order chi connectivity index (χ1) is 9.31. The Morgan fingerprint density at radius 1 is 1.42 bits per heavy atom. The van der Waals surface area contributed by atoms with Gasteiger partial charge in [-0.1, -0.05) is 12.1 Å². The molecule has 19 heavy (non-hydrogen) atoms. The van der Waals surface area contributed by atoms with Crippen LogP contribution < -0.4 is 10.5 Å². The van der Waals surface area contributed by atoms with Gasteiger partial charge in [0.25, 0.3) is 0 Å². The van der Waals surface area contributed by atoms with Gasteiger partial charge in [0.1, 0.15) is 12.4 Å². The minimum Gasteiger partial charge on any atom is -0.492 e. The lowest BCUT2D eigenvalue weighted by Gasteiger charge is -2.16. The lowest BCUT2D eigenvalue weighted by Crippen LogP contribution is -2.26. The zero-order chi connectivity index (χ0) is 13.5. The van der Waals surface area contributed by atoms with Crippen LogP contribution in [0, 0.1) is 5.92 Å². The van der Waals surface area contributed by atoms with Crippen LogP contribution in [0.15, 0.2) is 24.3 Å². The maximum Gasteiger partial charge on any atom is 0.119 e. The molecule has 1 aromatic carbocycles. The van der Waals surface area contributed by atoms with E-state index in [9.17, 15) is 0 Å². The van der Waals surface area contributed by atoms with Crippen molar-refractivity contribution in [3.8, 4) is 5.75 Å². The Labute approximate surface area is 115 Å². The Morgan fingerprint density at radius 2 is 2.32 bits per heavy atom. The van der Waals surface area contributed by atoms with Crippen molar-refractivity contribution in [2.24, 2.45) is 11.7 Å². The number of aliphatic hydroxyl groups is 1. The fourth-order valence-electron chi connectivity index (χ4n) is 2.59. The molecule has 1 aliphatic rings. The van der Waals surface area contributed by atoms with Gasteiger partial charge in [0, 0.05) is 26.2 Å². The standard InChI is InChI=1S/C15H24N2O2/c16-11-14-2-1-3-15(10-14)19-9-7-17-6-4-13(12-17)5-8-18/h1-3,10,13,18H,4-9,11-12,16H2. The summed E-state index contributed by atoms with van der Waals surface area (Å²) in [6, 6.07) is 7.95. The summed E-state index contributed by atoms with van der Waals surface area (Å²) >= 11 is 0. The van der Waals surface area contributed by atoms with Crippen molar-refractivity contribution in [3.05, 3.63) is 29.8 Å². The summed E-state index contributed by atoms with van der Waals surface area (Å²) in [6.45, 7) is 4.73. The van der Waals surface area contributed by atoms with Crippen LogP contribution >= 0.6 is 0 Å². The van der Waals surface area contributed by atoms with Crippen LogP contribution in [0.2, 0.25) is 0 Å². The first-order valence-corrected chi connectivity index (χ1v) is 7.07. The van der Waals surface area contributed by atoms with Gasteiger partial charge in [-0.25, -0.2) is 0 Å². The highest BCUT2D eigenvalue weighted by Gasteiger charge is 2.21. The van der Waals surface area contributed by atoms with E-state index in [1.807, 2.05) is 24.3 Å². The van der Waals surface area contributed by atoms with Crippen molar-refractivity contribution >= 4 is 0 Å². The second-order valence-corrected chi connectivity index (χ2v) is 5.17. The lowest BCUT2D eigenvalue weighted by molar-refractivity contribution is 0.222. The molecule has 0 spiro atoms. The summed E-state index contributed by atoms with van der Waals surface area (Å²) in [4.78, 5) is 2.41.